The molecule has 0 heterocycles. The van der Waals surface area contributed by atoms with Crippen LogP contribution in [0.25, 0.3) is 0 Å². The van der Waals surface area contributed by atoms with Crippen molar-refractivity contribution in [2.75, 3.05) is 0 Å². The lowest BCUT2D eigenvalue weighted by Gasteiger charge is -2.11. The zero-order valence-electron chi connectivity index (χ0n) is 10.3. The predicted octanol–water partition coefficient (Wildman–Crippen LogP) is 5.30. The number of ether oxygens (including phenoxy) is 1. The van der Waals surface area contributed by atoms with Gasteiger partial charge < -0.3 is 4.74 Å². The summed E-state index contributed by atoms with van der Waals surface area (Å²) in [4.78, 5) is 0. The lowest BCUT2D eigenvalue weighted by Crippen LogP contribution is -1.98. The second-order valence-corrected chi connectivity index (χ2v) is 5.55. The van der Waals surface area contributed by atoms with Crippen molar-refractivity contribution in [1.82, 2.24) is 0 Å². The SMILES string of the molecule is Cc1cccc(OCc2ccc(Br)cc2Cl)c1C. The fourth-order valence-corrected chi connectivity index (χ4v) is 2.40. The lowest BCUT2D eigenvalue weighted by atomic mass is 10.1. The molecule has 94 valence electrons. The molecule has 0 unspecified atom stereocenters. The minimum atomic E-state index is 0.483. The molecule has 0 spiro atoms. The van der Waals surface area contributed by atoms with E-state index >= 15 is 0 Å². The van der Waals surface area contributed by atoms with Crippen molar-refractivity contribution >= 4 is 27.5 Å². The molecule has 0 bridgehead atoms. The van der Waals surface area contributed by atoms with Crippen LogP contribution in [0.3, 0.4) is 0 Å². The minimum Gasteiger partial charge on any atom is -0.489 e. The fourth-order valence-electron chi connectivity index (χ4n) is 1.67. The summed E-state index contributed by atoms with van der Waals surface area (Å²) < 4.78 is 6.80. The van der Waals surface area contributed by atoms with Crippen LogP contribution < -0.4 is 4.74 Å². The summed E-state index contributed by atoms with van der Waals surface area (Å²) in [6.45, 7) is 4.62. The van der Waals surface area contributed by atoms with Gasteiger partial charge >= 0.3 is 0 Å². The molecule has 0 N–H and O–H groups in total. The van der Waals surface area contributed by atoms with Gasteiger partial charge in [-0.25, -0.2) is 0 Å². The molecule has 0 saturated carbocycles. The maximum Gasteiger partial charge on any atom is 0.122 e. The molecular formula is C15H14BrClO. The summed E-state index contributed by atoms with van der Waals surface area (Å²) in [6, 6.07) is 11.9. The molecule has 0 fully saturated rings. The van der Waals surface area contributed by atoms with Crippen molar-refractivity contribution < 1.29 is 4.74 Å². The Kier molecular flexibility index (Phi) is 4.31. The number of hydrogen-bond acceptors (Lipinski definition) is 1. The third-order valence-electron chi connectivity index (χ3n) is 2.95. The second kappa shape index (κ2) is 5.77. The van der Waals surface area contributed by atoms with E-state index in [4.69, 9.17) is 16.3 Å². The van der Waals surface area contributed by atoms with Crippen LogP contribution in [0, 0.1) is 13.8 Å². The van der Waals surface area contributed by atoms with Gasteiger partial charge in [-0.1, -0.05) is 45.7 Å². The van der Waals surface area contributed by atoms with Crippen LogP contribution in [0.1, 0.15) is 16.7 Å². The molecule has 0 aliphatic rings. The Morgan fingerprint density at radius 2 is 1.94 bits per heavy atom. The molecule has 1 nitrogen and oxygen atoms in total. The average Bonchev–Trinajstić information content (AvgIpc) is 2.33. The quantitative estimate of drug-likeness (QED) is 0.744. The van der Waals surface area contributed by atoms with Crippen LogP contribution in [0.4, 0.5) is 0 Å². The summed E-state index contributed by atoms with van der Waals surface area (Å²) >= 11 is 9.54. The summed E-state index contributed by atoms with van der Waals surface area (Å²) in [7, 11) is 0. The molecule has 0 aliphatic heterocycles. The van der Waals surface area contributed by atoms with Gasteiger partial charge in [0, 0.05) is 15.1 Å². The normalized spacial score (nSPS) is 10.4. The highest BCUT2D eigenvalue weighted by atomic mass is 79.9. The van der Waals surface area contributed by atoms with E-state index in [0.717, 1.165) is 20.8 Å². The maximum atomic E-state index is 6.16. The third kappa shape index (κ3) is 3.06. The Bertz CT molecular complexity index is 566. The summed E-state index contributed by atoms with van der Waals surface area (Å²) in [6.07, 6.45) is 0. The second-order valence-electron chi connectivity index (χ2n) is 4.22. The highest BCUT2D eigenvalue weighted by Crippen LogP contribution is 2.25. The molecule has 0 radical (unpaired) electrons. The summed E-state index contributed by atoms with van der Waals surface area (Å²) in [5.41, 5.74) is 3.39. The van der Waals surface area contributed by atoms with Crippen molar-refractivity contribution in [2.24, 2.45) is 0 Å². The first-order valence-corrected chi connectivity index (χ1v) is 6.88. The maximum absolute atomic E-state index is 6.16. The number of aryl methyl sites for hydroxylation is 1. The van der Waals surface area contributed by atoms with Crippen LogP contribution in [0.5, 0.6) is 5.75 Å². The number of hydrogen-bond donors (Lipinski definition) is 0. The van der Waals surface area contributed by atoms with E-state index in [-0.39, 0.29) is 0 Å². The number of rotatable bonds is 3. The molecule has 3 heteroatoms. The van der Waals surface area contributed by atoms with E-state index in [1.807, 2.05) is 30.3 Å². The molecule has 2 aromatic rings. The molecule has 0 amide bonds. The van der Waals surface area contributed by atoms with Crippen molar-refractivity contribution in [3.05, 3.63) is 62.6 Å². The van der Waals surface area contributed by atoms with Crippen molar-refractivity contribution in [2.45, 2.75) is 20.5 Å². The molecule has 0 saturated heterocycles. The van der Waals surface area contributed by atoms with Gasteiger partial charge in [0.05, 0.1) is 0 Å². The van der Waals surface area contributed by atoms with Gasteiger partial charge in [0.1, 0.15) is 12.4 Å². The molecular weight excluding hydrogens is 312 g/mol. The number of halogens is 2. The summed E-state index contributed by atoms with van der Waals surface area (Å²) in [5, 5.41) is 0.717. The van der Waals surface area contributed by atoms with Crippen LogP contribution in [-0.2, 0) is 6.61 Å². The topological polar surface area (TPSA) is 9.23 Å². The molecule has 0 aromatic heterocycles. The van der Waals surface area contributed by atoms with E-state index in [9.17, 15) is 0 Å². The van der Waals surface area contributed by atoms with E-state index in [2.05, 4.69) is 35.8 Å². The van der Waals surface area contributed by atoms with Gasteiger partial charge in [-0.05, 0) is 43.2 Å². The Balaban J connectivity index is 2.14. The van der Waals surface area contributed by atoms with Crippen molar-refractivity contribution in [3.8, 4) is 5.75 Å². The largest absolute Gasteiger partial charge is 0.489 e. The van der Waals surface area contributed by atoms with Crippen LogP contribution in [0.15, 0.2) is 40.9 Å². The van der Waals surface area contributed by atoms with Gasteiger partial charge in [-0.15, -0.1) is 0 Å². The van der Waals surface area contributed by atoms with Crippen LogP contribution in [0.2, 0.25) is 5.02 Å². The average molecular weight is 326 g/mol. The third-order valence-corrected chi connectivity index (χ3v) is 3.80. The Morgan fingerprint density at radius 3 is 2.67 bits per heavy atom. The lowest BCUT2D eigenvalue weighted by molar-refractivity contribution is 0.304. The molecule has 2 aromatic carbocycles. The minimum absolute atomic E-state index is 0.483. The molecule has 2 rings (SSSR count). The standard InChI is InChI=1S/C15H14BrClO/c1-10-4-3-5-15(11(10)2)18-9-12-6-7-13(16)8-14(12)17/h3-8H,9H2,1-2H3. The Morgan fingerprint density at radius 1 is 1.17 bits per heavy atom. The van der Waals surface area contributed by atoms with Gasteiger partial charge in [0.15, 0.2) is 0 Å². The molecule has 18 heavy (non-hydrogen) atoms. The molecule has 0 atom stereocenters. The highest BCUT2D eigenvalue weighted by Gasteiger charge is 2.05. The van der Waals surface area contributed by atoms with Crippen LogP contribution >= 0.6 is 27.5 Å². The van der Waals surface area contributed by atoms with E-state index < -0.39 is 0 Å². The first-order valence-electron chi connectivity index (χ1n) is 5.71. The van der Waals surface area contributed by atoms with E-state index in [0.29, 0.717) is 6.61 Å². The van der Waals surface area contributed by atoms with Gasteiger partial charge in [0.25, 0.3) is 0 Å². The van der Waals surface area contributed by atoms with E-state index in [1.165, 1.54) is 11.1 Å². The van der Waals surface area contributed by atoms with Crippen molar-refractivity contribution in [1.29, 1.82) is 0 Å². The van der Waals surface area contributed by atoms with E-state index in [1.54, 1.807) is 0 Å². The monoisotopic (exact) mass is 324 g/mol. The first-order chi connectivity index (χ1) is 8.58. The highest BCUT2D eigenvalue weighted by molar-refractivity contribution is 9.10. The van der Waals surface area contributed by atoms with Gasteiger partial charge in [-0.3, -0.25) is 0 Å². The predicted molar refractivity (Wildman–Crippen MR) is 79.4 cm³/mol. The van der Waals surface area contributed by atoms with Crippen molar-refractivity contribution in [3.63, 3.8) is 0 Å². The Hall–Kier alpha value is -0.990. The number of benzene rings is 2. The smallest absolute Gasteiger partial charge is 0.122 e. The Labute approximate surface area is 121 Å². The fraction of sp³-hybridized carbons (Fsp3) is 0.200. The molecule has 0 aliphatic carbocycles. The zero-order chi connectivity index (χ0) is 13.1. The summed E-state index contributed by atoms with van der Waals surface area (Å²) in [5.74, 6) is 0.911. The van der Waals surface area contributed by atoms with Crippen LogP contribution in [-0.4, -0.2) is 0 Å². The van der Waals surface area contributed by atoms with Gasteiger partial charge in [0.2, 0.25) is 0 Å². The first kappa shape index (κ1) is 13.4. The van der Waals surface area contributed by atoms with Gasteiger partial charge in [-0.2, -0.15) is 0 Å². The zero-order valence-corrected chi connectivity index (χ0v) is 12.7.